The van der Waals surface area contributed by atoms with E-state index in [1.54, 1.807) is 6.07 Å². The van der Waals surface area contributed by atoms with Gasteiger partial charge in [-0.15, -0.1) is 0 Å². The zero-order chi connectivity index (χ0) is 11.6. The molecule has 0 bridgehead atoms. The third-order valence-electron chi connectivity index (χ3n) is 3.67. The average Bonchev–Trinajstić information content (AvgIpc) is 2.15. The van der Waals surface area contributed by atoms with E-state index in [1.165, 1.54) is 25.7 Å². The van der Waals surface area contributed by atoms with Gasteiger partial charge in [0.15, 0.2) is 0 Å². The number of rotatable bonds is 4. The van der Waals surface area contributed by atoms with Crippen LogP contribution in [-0.4, -0.2) is 16.5 Å². The summed E-state index contributed by atoms with van der Waals surface area (Å²) in [5, 5.41) is 3.39. The van der Waals surface area contributed by atoms with Crippen LogP contribution in [0.3, 0.4) is 0 Å². The van der Waals surface area contributed by atoms with Gasteiger partial charge in [-0.2, -0.15) is 0 Å². The Morgan fingerprint density at radius 1 is 1.44 bits per heavy atom. The van der Waals surface area contributed by atoms with Crippen LogP contribution in [0.25, 0.3) is 0 Å². The summed E-state index contributed by atoms with van der Waals surface area (Å²) in [4.78, 5) is 8.39. The molecule has 0 radical (unpaired) electrons. The molecule has 0 spiro atoms. The summed E-state index contributed by atoms with van der Waals surface area (Å²) in [5.41, 5.74) is 6.18. The van der Waals surface area contributed by atoms with Crippen LogP contribution in [0.4, 0.5) is 11.6 Å². The number of hydrogen-bond acceptors (Lipinski definition) is 4. The van der Waals surface area contributed by atoms with Gasteiger partial charge in [-0.1, -0.05) is 13.3 Å². The predicted molar refractivity (Wildman–Crippen MR) is 66.2 cm³/mol. The van der Waals surface area contributed by atoms with Crippen molar-refractivity contribution in [3.05, 3.63) is 11.9 Å². The Bertz CT molecular complexity index is 346. The summed E-state index contributed by atoms with van der Waals surface area (Å²) >= 11 is 0. The fourth-order valence-corrected chi connectivity index (χ4v) is 2.29. The number of nitrogens with two attached hydrogens (primary N) is 1. The van der Waals surface area contributed by atoms with E-state index in [0.29, 0.717) is 11.2 Å². The molecule has 0 atom stereocenters. The fourth-order valence-electron chi connectivity index (χ4n) is 2.29. The van der Waals surface area contributed by atoms with E-state index >= 15 is 0 Å². The van der Waals surface area contributed by atoms with Gasteiger partial charge in [0.1, 0.15) is 17.5 Å². The maximum atomic E-state index is 5.69. The van der Waals surface area contributed by atoms with Crippen LogP contribution in [0.1, 0.15) is 38.4 Å². The lowest BCUT2D eigenvalue weighted by Crippen LogP contribution is -2.36. The zero-order valence-corrected chi connectivity index (χ0v) is 10.1. The molecular weight excluding hydrogens is 200 g/mol. The monoisotopic (exact) mass is 220 g/mol. The molecule has 4 heteroatoms. The number of nitrogens with one attached hydrogen (secondary N) is 1. The second kappa shape index (κ2) is 4.28. The van der Waals surface area contributed by atoms with Crippen LogP contribution in [0, 0.1) is 12.3 Å². The highest BCUT2D eigenvalue weighted by molar-refractivity contribution is 5.44. The van der Waals surface area contributed by atoms with Crippen molar-refractivity contribution in [2.75, 3.05) is 17.6 Å². The number of nitrogen functional groups attached to an aromatic ring is 1. The van der Waals surface area contributed by atoms with Gasteiger partial charge in [-0.25, -0.2) is 9.97 Å². The Labute approximate surface area is 96.7 Å². The first-order valence-corrected chi connectivity index (χ1v) is 5.99. The highest BCUT2D eigenvalue weighted by atomic mass is 15.0. The first-order chi connectivity index (χ1) is 7.63. The normalized spacial score (nSPS) is 17.9. The molecule has 1 aromatic rings. The summed E-state index contributed by atoms with van der Waals surface area (Å²) < 4.78 is 0. The minimum atomic E-state index is 0.494. The topological polar surface area (TPSA) is 63.8 Å². The molecule has 4 nitrogen and oxygen atoms in total. The summed E-state index contributed by atoms with van der Waals surface area (Å²) in [5.74, 6) is 2.11. The molecule has 0 aliphatic heterocycles. The maximum absolute atomic E-state index is 5.69. The van der Waals surface area contributed by atoms with Crippen LogP contribution in [0.5, 0.6) is 0 Å². The molecule has 16 heavy (non-hydrogen) atoms. The minimum absolute atomic E-state index is 0.494. The number of nitrogens with zero attached hydrogens (tertiary/aromatic N) is 2. The number of aryl methyl sites for hydroxylation is 1. The van der Waals surface area contributed by atoms with Gasteiger partial charge in [0.05, 0.1) is 0 Å². The molecule has 0 aromatic carbocycles. The summed E-state index contributed by atoms with van der Waals surface area (Å²) in [6.45, 7) is 5.13. The van der Waals surface area contributed by atoms with E-state index in [1.807, 2.05) is 6.92 Å². The number of hydrogen-bond donors (Lipinski definition) is 2. The Morgan fingerprint density at radius 3 is 2.69 bits per heavy atom. The minimum Gasteiger partial charge on any atom is -0.384 e. The second-order valence-corrected chi connectivity index (χ2v) is 4.79. The van der Waals surface area contributed by atoms with Crippen LogP contribution in [0.2, 0.25) is 0 Å². The lowest BCUT2D eigenvalue weighted by atomic mass is 9.67. The average molecular weight is 220 g/mol. The second-order valence-electron chi connectivity index (χ2n) is 4.79. The molecule has 1 aromatic heterocycles. The van der Waals surface area contributed by atoms with E-state index in [-0.39, 0.29) is 0 Å². The molecular formula is C12H20N4. The van der Waals surface area contributed by atoms with Gasteiger partial charge in [0, 0.05) is 12.6 Å². The molecule has 1 fully saturated rings. The first kappa shape index (κ1) is 11.2. The van der Waals surface area contributed by atoms with E-state index in [2.05, 4.69) is 22.2 Å². The first-order valence-electron chi connectivity index (χ1n) is 5.99. The highest BCUT2D eigenvalue weighted by Crippen LogP contribution is 2.43. The van der Waals surface area contributed by atoms with Crippen molar-refractivity contribution in [1.29, 1.82) is 0 Å². The third kappa shape index (κ3) is 2.26. The molecule has 0 amide bonds. The molecule has 0 unspecified atom stereocenters. The van der Waals surface area contributed by atoms with E-state index in [4.69, 9.17) is 5.73 Å². The molecule has 1 heterocycles. The Balaban J connectivity index is 1.98. The molecule has 1 saturated carbocycles. The van der Waals surface area contributed by atoms with Crippen LogP contribution < -0.4 is 11.1 Å². The number of anilines is 2. The Morgan fingerprint density at radius 2 is 2.19 bits per heavy atom. The third-order valence-corrected chi connectivity index (χ3v) is 3.67. The van der Waals surface area contributed by atoms with E-state index in [9.17, 15) is 0 Å². The molecule has 3 N–H and O–H groups in total. The quantitative estimate of drug-likeness (QED) is 0.817. The van der Waals surface area contributed by atoms with Crippen molar-refractivity contribution in [2.45, 2.75) is 39.5 Å². The van der Waals surface area contributed by atoms with Crippen molar-refractivity contribution >= 4 is 11.6 Å². The van der Waals surface area contributed by atoms with Gasteiger partial charge in [-0.05, 0) is 31.6 Å². The van der Waals surface area contributed by atoms with Crippen molar-refractivity contribution in [3.8, 4) is 0 Å². The molecule has 1 aliphatic rings. The van der Waals surface area contributed by atoms with Gasteiger partial charge in [0.25, 0.3) is 0 Å². The van der Waals surface area contributed by atoms with E-state index < -0.39 is 0 Å². The molecule has 88 valence electrons. The lowest BCUT2D eigenvalue weighted by Gasteiger charge is -2.41. The van der Waals surface area contributed by atoms with Crippen molar-refractivity contribution in [1.82, 2.24) is 9.97 Å². The maximum Gasteiger partial charge on any atom is 0.131 e. The van der Waals surface area contributed by atoms with Gasteiger partial charge in [-0.3, -0.25) is 0 Å². The zero-order valence-electron chi connectivity index (χ0n) is 10.1. The van der Waals surface area contributed by atoms with Gasteiger partial charge < -0.3 is 11.1 Å². The van der Waals surface area contributed by atoms with Crippen LogP contribution >= 0.6 is 0 Å². The van der Waals surface area contributed by atoms with Crippen LogP contribution in [-0.2, 0) is 0 Å². The number of aromatic nitrogens is 2. The van der Waals surface area contributed by atoms with Crippen LogP contribution in [0.15, 0.2) is 6.07 Å². The lowest BCUT2D eigenvalue weighted by molar-refractivity contribution is 0.145. The standard InChI is InChI=1S/C12H20N4/c1-3-12(5-4-6-12)8-14-11-7-10(13)15-9(2)16-11/h7H,3-6,8H2,1-2H3,(H3,13,14,15,16). The summed E-state index contributed by atoms with van der Waals surface area (Å²) in [6, 6.07) is 1.80. The summed E-state index contributed by atoms with van der Waals surface area (Å²) in [7, 11) is 0. The highest BCUT2D eigenvalue weighted by Gasteiger charge is 2.34. The van der Waals surface area contributed by atoms with Crippen molar-refractivity contribution in [3.63, 3.8) is 0 Å². The SMILES string of the molecule is CCC1(CNc2cc(N)nc(C)n2)CCC1. The largest absolute Gasteiger partial charge is 0.384 e. The Hall–Kier alpha value is -1.32. The van der Waals surface area contributed by atoms with E-state index in [0.717, 1.165) is 18.2 Å². The predicted octanol–water partition coefficient (Wildman–Crippen LogP) is 2.36. The Kier molecular flexibility index (Phi) is 2.99. The fraction of sp³-hybridized carbons (Fsp3) is 0.667. The van der Waals surface area contributed by atoms with Crippen molar-refractivity contribution in [2.24, 2.45) is 5.41 Å². The van der Waals surface area contributed by atoms with Gasteiger partial charge in [0.2, 0.25) is 0 Å². The molecule has 1 aliphatic carbocycles. The molecule has 2 rings (SSSR count). The molecule has 0 saturated heterocycles. The van der Waals surface area contributed by atoms with Crippen molar-refractivity contribution < 1.29 is 0 Å². The van der Waals surface area contributed by atoms with Gasteiger partial charge >= 0.3 is 0 Å². The summed E-state index contributed by atoms with van der Waals surface area (Å²) in [6.07, 6.45) is 5.26. The smallest absolute Gasteiger partial charge is 0.131 e.